The van der Waals surface area contributed by atoms with E-state index >= 15 is 0 Å². The van der Waals surface area contributed by atoms with Gasteiger partial charge in [0.2, 0.25) is 0 Å². The van der Waals surface area contributed by atoms with Crippen LogP contribution in [-0.4, -0.2) is 33.8 Å². The Balaban J connectivity index is 1.98. The topological polar surface area (TPSA) is 71.1 Å². The lowest BCUT2D eigenvalue weighted by atomic mass is 9.97. The third-order valence-corrected chi connectivity index (χ3v) is 11.0. The zero-order chi connectivity index (χ0) is 23.2. The Kier molecular flexibility index (Phi) is 8.24. The second-order valence-electron chi connectivity index (χ2n) is 7.14. The molecule has 170 valence electrons. The molecule has 0 saturated heterocycles. The van der Waals surface area contributed by atoms with Crippen LogP contribution in [0.2, 0.25) is 0 Å². The fourth-order valence-electron chi connectivity index (χ4n) is 3.63. The van der Waals surface area contributed by atoms with Gasteiger partial charge in [0.25, 0.3) is 0 Å². The summed E-state index contributed by atoms with van der Waals surface area (Å²) >= 11 is 0. The molecule has 0 amide bonds. The third-order valence-electron chi connectivity index (χ3n) is 5.40. The maximum absolute atomic E-state index is 13.2. The summed E-state index contributed by atoms with van der Waals surface area (Å²) in [7, 11) is -2.47. The van der Waals surface area contributed by atoms with E-state index in [4.69, 9.17) is 18.1 Å². The molecule has 0 spiro atoms. The molecule has 0 atom stereocenters. The van der Waals surface area contributed by atoms with Crippen LogP contribution < -0.4 is 0 Å². The van der Waals surface area contributed by atoms with Crippen LogP contribution in [0.5, 0.6) is 0 Å². The van der Waals surface area contributed by atoms with Gasteiger partial charge >= 0.3 is 15.2 Å². The molecule has 0 bridgehead atoms. The second-order valence-corrected chi connectivity index (χ2v) is 12.4. The molecule has 0 saturated carbocycles. The molecular weight excluding hydrogens is 446 g/mol. The van der Waals surface area contributed by atoms with Gasteiger partial charge in [-0.3, -0.25) is 9.13 Å². The van der Waals surface area contributed by atoms with E-state index in [9.17, 15) is 9.13 Å². The highest BCUT2D eigenvalue weighted by molar-refractivity contribution is 7.72. The van der Waals surface area contributed by atoms with Crippen molar-refractivity contribution in [3.05, 3.63) is 84.4 Å². The van der Waals surface area contributed by atoms with Crippen molar-refractivity contribution in [3.8, 4) is 22.3 Å². The number of benzene rings is 3. The highest BCUT2D eigenvalue weighted by Gasteiger charge is 2.49. The van der Waals surface area contributed by atoms with Crippen LogP contribution in [0.4, 0.5) is 0 Å². The first-order chi connectivity index (χ1) is 15.4. The molecule has 0 aliphatic heterocycles. The second kappa shape index (κ2) is 10.7. The summed E-state index contributed by atoms with van der Waals surface area (Å²) in [5.41, 5.74) is 5.06. The van der Waals surface area contributed by atoms with Crippen molar-refractivity contribution in [1.29, 1.82) is 0 Å². The fourth-order valence-corrected chi connectivity index (χ4v) is 8.29. The van der Waals surface area contributed by atoms with Crippen molar-refractivity contribution >= 4 is 15.2 Å². The maximum Gasteiger partial charge on any atom is 0.345 e. The Hall–Kier alpha value is -2.04. The number of rotatable bonds is 10. The van der Waals surface area contributed by atoms with E-state index in [1.54, 1.807) is 0 Å². The summed E-state index contributed by atoms with van der Waals surface area (Å²) in [4.78, 5) is 0. The van der Waals surface area contributed by atoms with Crippen molar-refractivity contribution in [2.75, 3.05) is 28.4 Å². The van der Waals surface area contributed by atoms with Gasteiger partial charge in [0.15, 0.2) is 5.40 Å². The summed E-state index contributed by atoms with van der Waals surface area (Å²) in [6, 6.07) is 26.2. The van der Waals surface area contributed by atoms with E-state index in [-0.39, 0.29) is 6.42 Å². The highest BCUT2D eigenvalue weighted by atomic mass is 31.2. The lowest BCUT2D eigenvalue weighted by molar-refractivity contribution is 0.246. The predicted molar refractivity (Wildman–Crippen MR) is 128 cm³/mol. The minimum absolute atomic E-state index is 0.129. The van der Waals surface area contributed by atoms with E-state index in [1.165, 1.54) is 28.4 Å². The summed E-state index contributed by atoms with van der Waals surface area (Å²) in [5.74, 6) is 0. The first kappa shape index (κ1) is 24.6. The molecule has 8 heteroatoms. The van der Waals surface area contributed by atoms with Crippen LogP contribution in [0.1, 0.15) is 5.56 Å². The van der Waals surface area contributed by atoms with Crippen LogP contribution in [-0.2, 0) is 33.6 Å². The molecule has 32 heavy (non-hydrogen) atoms. The third kappa shape index (κ3) is 5.29. The monoisotopic (exact) mass is 474 g/mol. The van der Waals surface area contributed by atoms with E-state index < -0.39 is 20.6 Å². The molecule has 3 rings (SSSR count). The summed E-state index contributed by atoms with van der Waals surface area (Å²) in [6.07, 6.45) is 0.129. The van der Waals surface area contributed by atoms with Gasteiger partial charge in [-0.15, -0.1) is 0 Å². The predicted octanol–water partition coefficient (Wildman–Crippen LogP) is 6.86. The molecule has 0 fully saturated rings. The van der Waals surface area contributed by atoms with Gasteiger partial charge < -0.3 is 18.1 Å². The van der Waals surface area contributed by atoms with Crippen LogP contribution in [0.15, 0.2) is 78.9 Å². The Morgan fingerprint density at radius 2 is 1.03 bits per heavy atom. The molecule has 3 aromatic rings. The number of hydrogen-bond acceptors (Lipinski definition) is 6. The van der Waals surface area contributed by atoms with Crippen LogP contribution in [0, 0.1) is 0 Å². The first-order valence-electron chi connectivity index (χ1n) is 10.1. The first-order valence-corrected chi connectivity index (χ1v) is 13.3. The largest absolute Gasteiger partial charge is 0.345 e. The quantitative estimate of drug-likeness (QED) is 0.299. The molecule has 6 nitrogen and oxygen atoms in total. The van der Waals surface area contributed by atoms with Crippen molar-refractivity contribution in [1.82, 2.24) is 0 Å². The van der Waals surface area contributed by atoms with E-state index in [0.29, 0.717) is 0 Å². The van der Waals surface area contributed by atoms with Crippen LogP contribution >= 0.6 is 15.2 Å². The molecular formula is C24H28O6P2. The highest BCUT2D eigenvalue weighted by Crippen LogP contribution is 2.70. The Morgan fingerprint density at radius 1 is 0.594 bits per heavy atom. The summed E-state index contributed by atoms with van der Waals surface area (Å²) < 4.78 is 47.0. The van der Waals surface area contributed by atoms with Gasteiger partial charge in [-0.05, 0) is 40.3 Å². The minimum atomic E-state index is -3.76. The normalized spacial score (nSPS) is 12.3. The minimum Gasteiger partial charge on any atom is -0.311 e. The van der Waals surface area contributed by atoms with Gasteiger partial charge in [0, 0.05) is 28.4 Å². The average molecular weight is 474 g/mol. The molecule has 0 heterocycles. The zero-order valence-electron chi connectivity index (χ0n) is 18.6. The maximum atomic E-state index is 13.2. The van der Waals surface area contributed by atoms with Crippen molar-refractivity contribution < 1.29 is 27.2 Å². The zero-order valence-corrected chi connectivity index (χ0v) is 20.4. The van der Waals surface area contributed by atoms with Crippen molar-refractivity contribution in [2.45, 2.75) is 11.8 Å². The van der Waals surface area contributed by atoms with Gasteiger partial charge in [0.05, 0.1) is 0 Å². The Labute approximate surface area is 189 Å². The smallest absolute Gasteiger partial charge is 0.311 e. The molecule has 3 aromatic carbocycles. The molecule has 0 aliphatic rings. The van der Waals surface area contributed by atoms with Gasteiger partial charge in [-0.25, -0.2) is 0 Å². The standard InChI is InChI=1S/C24H28O6P2/c1-27-31(25,28-2)24(32(26,29-3)30-4)17-19-10-8-13-21(16-19)23-15-9-14-22(18-23)20-11-6-5-7-12-20/h5-16,18,24H,17H2,1-4H3. The van der Waals surface area contributed by atoms with Crippen LogP contribution in [0.25, 0.3) is 22.3 Å². The van der Waals surface area contributed by atoms with Crippen molar-refractivity contribution in [3.63, 3.8) is 0 Å². The van der Waals surface area contributed by atoms with Crippen LogP contribution in [0.3, 0.4) is 0 Å². The Morgan fingerprint density at radius 3 is 1.56 bits per heavy atom. The van der Waals surface area contributed by atoms with E-state index in [1.807, 2.05) is 54.6 Å². The molecule has 0 unspecified atom stereocenters. The Bertz CT molecular complexity index is 1090. The lowest BCUT2D eigenvalue weighted by Crippen LogP contribution is -2.17. The average Bonchev–Trinajstić information content (AvgIpc) is 2.87. The lowest BCUT2D eigenvalue weighted by Gasteiger charge is -2.29. The van der Waals surface area contributed by atoms with E-state index in [2.05, 4.69) is 24.3 Å². The molecule has 0 aromatic heterocycles. The SMILES string of the molecule is COP(=O)(OC)C(Cc1cccc(-c2cccc(-c3ccccc3)c2)c1)P(=O)(OC)OC. The van der Waals surface area contributed by atoms with Crippen molar-refractivity contribution in [2.24, 2.45) is 0 Å². The fraction of sp³-hybridized carbons (Fsp3) is 0.250. The molecule has 0 aliphatic carbocycles. The summed E-state index contributed by atoms with van der Waals surface area (Å²) in [6.45, 7) is 0. The molecule has 0 radical (unpaired) electrons. The molecule has 0 N–H and O–H groups in total. The van der Waals surface area contributed by atoms with Gasteiger partial charge in [-0.1, -0.05) is 72.8 Å². The van der Waals surface area contributed by atoms with Gasteiger partial charge in [-0.2, -0.15) is 0 Å². The van der Waals surface area contributed by atoms with Gasteiger partial charge in [0.1, 0.15) is 0 Å². The number of hydrogen-bond donors (Lipinski definition) is 0. The summed E-state index contributed by atoms with van der Waals surface area (Å²) in [5, 5.41) is -1.11. The van der Waals surface area contributed by atoms with E-state index in [0.717, 1.165) is 27.8 Å².